The second-order valence-corrected chi connectivity index (χ2v) is 10.3. The molecule has 9 heteroatoms. The van der Waals surface area contributed by atoms with Crippen LogP contribution in [0.3, 0.4) is 0 Å². The number of amides is 3. The molecular formula is C24H23N3O5S. The van der Waals surface area contributed by atoms with E-state index in [0.29, 0.717) is 22.8 Å². The summed E-state index contributed by atoms with van der Waals surface area (Å²) in [6.07, 6.45) is 1.61. The summed E-state index contributed by atoms with van der Waals surface area (Å²) in [6, 6.07) is 7.22. The smallest absolute Gasteiger partial charge is 0.341 e. The number of para-hydroxylation sites is 1. The number of carbonyl (C=O) groups excluding carboxylic acids is 4. The number of aryl methyl sites for hydroxylation is 1. The van der Waals surface area contributed by atoms with Gasteiger partial charge in [0.15, 0.2) is 0 Å². The zero-order chi connectivity index (χ0) is 23.2. The van der Waals surface area contributed by atoms with Crippen LogP contribution in [-0.4, -0.2) is 48.3 Å². The molecule has 4 atom stereocenters. The predicted molar refractivity (Wildman–Crippen MR) is 121 cm³/mol. The number of nitrogens with one attached hydrogen (secondary N) is 1. The summed E-state index contributed by atoms with van der Waals surface area (Å²) in [4.78, 5) is 58.3. The van der Waals surface area contributed by atoms with Crippen LogP contribution in [0.1, 0.15) is 39.2 Å². The van der Waals surface area contributed by atoms with Crippen molar-refractivity contribution >= 4 is 45.7 Å². The molecule has 3 fully saturated rings. The van der Waals surface area contributed by atoms with Gasteiger partial charge in [0.05, 0.1) is 24.5 Å². The normalized spacial score (nSPS) is 30.1. The molecule has 3 saturated heterocycles. The van der Waals surface area contributed by atoms with Gasteiger partial charge in [-0.3, -0.25) is 19.3 Å². The molecule has 1 spiro atoms. The number of benzene rings is 1. The van der Waals surface area contributed by atoms with Crippen molar-refractivity contribution in [1.29, 1.82) is 0 Å². The Kier molecular flexibility index (Phi) is 4.20. The van der Waals surface area contributed by atoms with Crippen molar-refractivity contribution in [1.82, 2.24) is 4.90 Å². The molecule has 1 aromatic carbocycles. The third-order valence-electron chi connectivity index (χ3n) is 7.86. The number of hydrogen-bond acceptors (Lipinski definition) is 7. The van der Waals surface area contributed by atoms with Crippen molar-refractivity contribution < 1.29 is 23.9 Å². The lowest BCUT2D eigenvalue weighted by molar-refractivity contribution is -0.135. The molecule has 0 unspecified atom stereocenters. The van der Waals surface area contributed by atoms with Crippen molar-refractivity contribution in [2.75, 3.05) is 23.9 Å². The molecule has 170 valence electrons. The van der Waals surface area contributed by atoms with Gasteiger partial charge in [-0.2, -0.15) is 0 Å². The summed E-state index contributed by atoms with van der Waals surface area (Å²) in [6.45, 7) is 4.29. The molecule has 4 aliphatic rings. The quantitative estimate of drug-likeness (QED) is 0.541. The third kappa shape index (κ3) is 2.29. The number of carbonyl (C=O) groups is 4. The van der Waals surface area contributed by atoms with Gasteiger partial charge in [0, 0.05) is 22.2 Å². The van der Waals surface area contributed by atoms with Crippen LogP contribution >= 0.6 is 11.3 Å². The second kappa shape index (κ2) is 6.74. The van der Waals surface area contributed by atoms with E-state index in [9.17, 15) is 19.2 Å². The van der Waals surface area contributed by atoms with E-state index in [4.69, 9.17) is 4.74 Å². The number of esters is 1. The first-order valence-corrected chi connectivity index (χ1v) is 11.9. The number of hydrogen-bond donors (Lipinski definition) is 1. The summed E-state index contributed by atoms with van der Waals surface area (Å²) >= 11 is 1.24. The van der Waals surface area contributed by atoms with Gasteiger partial charge in [-0.15, -0.1) is 11.3 Å². The first-order valence-electron chi connectivity index (χ1n) is 11.1. The van der Waals surface area contributed by atoms with E-state index < -0.39 is 29.3 Å². The van der Waals surface area contributed by atoms with E-state index in [1.807, 2.05) is 31.2 Å². The van der Waals surface area contributed by atoms with E-state index in [0.717, 1.165) is 28.2 Å². The number of nitrogens with zero attached hydrogens (tertiary/aromatic N) is 2. The molecule has 0 bridgehead atoms. The maximum Gasteiger partial charge on any atom is 0.341 e. The molecule has 0 radical (unpaired) electrons. The van der Waals surface area contributed by atoms with Crippen LogP contribution in [0, 0.1) is 25.7 Å². The minimum absolute atomic E-state index is 0.197. The highest BCUT2D eigenvalue weighted by Crippen LogP contribution is 2.61. The molecule has 0 aliphatic carbocycles. The number of anilines is 2. The molecule has 1 aromatic heterocycles. The second-order valence-electron chi connectivity index (χ2n) is 9.14. The highest BCUT2D eigenvalue weighted by molar-refractivity contribution is 7.17. The average molecular weight is 466 g/mol. The van der Waals surface area contributed by atoms with Gasteiger partial charge < -0.3 is 10.1 Å². The summed E-state index contributed by atoms with van der Waals surface area (Å²) in [7, 11) is 1.28. The fourth-order valence-electron chi connectivity index (χ4n) is 6.47. The highest BCUT2D eigenvalue weighted by atomic mass is 32.1. The van der Waals surface area contributed by atoms with Crippen molar-refractivity contribution in [3.8, 4) is 0 Å². The number of imide groups is 1. The summed E-state index contributed by atoms with van der Waals surface area (Å²) in [5.41, 5.74) is 1.17. The van der Waals surface area contributed by atoms with Crippen molar-refractivity contribution in [3.05, 3.63) is 45.8 Å². The van der Waals surface area contributed by atoms with Gasteiger partial charge in [0.1, 0.15) is 10.5 Å². The number of rotatable bonds is 2. The molecule has 33 heavy (non-hydrogen) atoms. The Morgan fingerprint density at radius 3 is 2.70 bits per heavy atom. The summed E-state index contributed by atoms with van der Waals surface area (Å²) in [5, 5.41) is 3.26. The molecule has 1 N–H and O–H groups in total. The Morgan fingerprint density at radius 2 is 1.94 bits per heavy atom. The van der Waals surface area contributed by atoms with Crippen LogP contribution in [0.25, 0.3) is 0 Å². The van der Waals surface area contributed by atoms with Gasteiger partial charge in [0.2, 0.25) is 17.7 Å². The van der Waals surface area contributed by atoms with E-state index in [1.54, 1.807) is 6.92 Å². The monoisotopic (exact) mass is 465 g/mol. The van der Waals surface area contributed by atoms with E-state index in [-0.39, 0.29) is 23.4 Å². The van der Waals surface area contributed by atoms with Crippen LogP contribution in [0.4, 0.5) is 10.7 Å². The van der Waals surface area contributed by atoms with Crippen LogP contribution in [-0.2, 0) is 24.7 Å². The van der Waals surface area contributed by atoms with E-state index >= 15 is 0 Å². The number of thiophene rings is 1. The molecule has 3 amide bonds. The molecule has 8 nitrogen and oxygen atoms in total. The first kappa shape index (κ1) is 20.6. The maximum absolute atomic E-state index is 14.1. The lowest BCUT2D eigenvalue weighted by Crippen LogP contribution is -2.54. The lowest BCUT2D eigenvalue weighted by Gasteiger charge is -2.36. The largest absolute Gasteiger partial charge is 0.465 e. The Hall–Kier alpha value is -3.04. The van der Waals surface area contributed by atoms with E-state index in [1.165, 1.54) is 18.4 Å². The van der Waals surface area contributed by atoms with Crippen LogP contribution in [0.2, 0.25) is 0 Å². The van der Waals surface area contributed by atoms with Crippen molar-refractivity contribution in [3.63, 3.8) is 0 Å². The standard InChI is InChI=1S/C24H23N3O5S/c1-11-12(2)33-21(16(11)22(30)32-3)27-19(28)17-15-9-6-10-26(15)24(18(17)20(27)29)13-7-4-5-8-14(13)25-23(24)31/h4-5,7-8,15,17-18H,6,9-10H2,1-3H3,(H,25,31)/t15-,17+,18-,24-/m0/s1. The Bertz CT molecular complexity index is 1270. The average Bonchev–Trinajstić information content (AvgIpc) is 3.55. The Balaban J connectivity index is 1.55. The molecular weight excluding hydrogens is 442 g/mol. The number of ether oxygens (including phenoxy) is 1. The molecule has 2 aromatic rings. The minimum Gasteiger partial charge on any atom is -0.465 e. The molecule has 6 rings (SSSR count). The molecule has 5 heterocycles. The lowest BCUT2D eigenvalue weighted by atomic mass is 9.75. The van der Waals surface area contributed by atoms with Crippen LogP contribution in [0.15, 0.2) is 24.3 Å². The van der Waals surface area contributed by atoms with Crippen molar-refractivity contribution in [2.45, 2.75) is 38.3 Å². The number of methoxy groups -OCH3 is 1. The van der Waals surface area contributed by atoms with Crippen LogP contribution in [0.5, 0.6) is 0 Å². The fourth-order valence-corrected chi connectivity index (χ4v) is 7.62. The SMILES string of the molecule is COC(=O)c1c(N2C(=O)[C@H]3[C@@H](C2=O)[C@@]2(C(=O)Nc4ccccc42)N2CCC[C@@H]32)sc(C)c1C. The molecule has 0 saturated carbocycles. The van der Waals surface area contributed by atoms with Crippen molar-refractivity contribution in [2.24, 2.45) is 11.8 Å². The Labute approximate surface area is 194 Å². The third-order valence-corrected chi connectivity index (χ3v) is 9.05. The van der Waals surface area contributed by atoms with Gasteiger partial charge in [0.25, 0.3) is 0 Å². The number of fused-ring (bicyclic) bond motifs is 7. The summed E-state index contributed by atoms with van der Waals surface area (Å²) < 4.78 is 4.97. The van der Waals surface area contributed by atoms with Gasteiger partial charge in [-0.05, 0) is 44.9 Å². The minimum atomic E-state index is -1.21. The molecule has 4 aliphatic heterocycles. The summed E-state index contributed by atoms with van der Waals surface area (Å²) in [5.74, 6) is -3.05. The highest BCUT2D eigenvalue weighted by Gasteiger charge is 2.74. The van der Waals surface area contributed by atoms with Gasteiger partial charge in [-0.25, -0.2) is 9.69 Å². The zero-order valence-electron chi connectivity index (χ0n) is 18.5. The van der Waals surface area contributed by atoms with E-state index in [2.05, 4.69) is 10.2 Å². The predicted octanol–water partition coefficient (Wildman–Crippen LogP) is 2.58. The van der Waals surface area contributed by atoms with Gasteiger partial charge >= 0.3 is 5.97 Å². The van der Waals surface area contributed by atoms with Crippen LogP contribution < -0.4 is 10.2 Å². The maximum atomic E-state index is 14.1. The first-order chi connectivity index (χ1) is 15.8. The van der Waals surface area contributed by atoms with Gasteiger partial charge in [-0.1, -0.05) is 18.2 Å². The topological polar surface area (TPSA) is 96.0 Å². The fraction of sp³-hybridized carbons (Fsp3) is 0.417. The Morgan fingerprint density at radius 1 is 1.18 bits per heavy atom. The zero-order valence-corrected chi connectivity index (χ0v) is 19.3.